The second-order valence-corrected chi connectivity index (χ2v) is 6.93. The Morgan fingerprint density at radius 3 is 2.80 bits per heavy atom. The Morgan fingerprint density at radius 1 is 1.30 bits per heavy atom. The van der Waals surface area contributed by atoms with Gasteiger partial charge in [-0.1, -0.05) is 0 Å². The maximum Gasteiger partial charge on any atom is 0.245 e. The van der Waals surface area contributed by atoms with Gasteiger partial charge in [0, 0.05) is 25.9 Å². The molecule has 108 valence electrons. The van der Waals surface area contributed by atoms with Crippen LogP contribution in [0.1, 0.15) is 12.0 Å². The van der Waals surface area contributed by atoms with E-state index in [-0.39, 0.29) is 24.0 Å². The van der Waals surface area contributed by atoms with Crippen LogP contribution in [0.3, 0.4) is 0 Å². The molecular formula is C13H16N2O4S. The predicted octanol–water partition coefficient (Wildman–Crippen LogP) is 0.574. The van der Waals surface area contributed by atoms with E-state index in [0.29, 0.717) is 19.6 Å². The van der Waals surface area contributed by atoms with Crippen LogP contribution in [0, 0.1) is 0 Å². The Bertz CT molecular complexity index is 650. The Kier molecular flexibility index (Phi) is 3.27. The van der Waals surface area contributed by atoms with Crippen LogP contribution in [-0.4, -0.2) is 45.6 Å². The number of nitrogens with zero attached hydrogens (tertiary/aromatic N) is 2. The van der Waals surface area contributed by atoms with Gasteiger partial charge in [0.2, 0.25) is 15.9 Å². The van der Waals surface area contributed by atoms with E-state index in [1.54, 1.807) is 30.1 Å². The van der Waals surface area contributed by atoms with Crippen molar-refractivity contribution in [2.24, 2.45) is 0 Å². The van der Waals surface area contributed by atoms with Crippen molar-refractivity contribution in [1.82, 2.24) is 4.31 Å². The highest BCUT2D eigenvalue weighted by molar-refractivity contribution is 7.89. The molecule has 0 spiro atoms. The number of anilines is 1. The second kappa shape index (κ2) is 4.83. The van der Waals surface area contributed by atoms with Crippen molar-refractivity contribution in [2.75, 3.05) is 31.8 Å². The van der Waals surface area contributed by atoms with Gasteiger partial charge < -0.3 is 9.64 Å². The fourth-order valence-electron chi connectivity index (χ4n) is 2.52. The summed E-state index contributed by atoms with van der Waals surface area (Å²) >= 11 is 0. The lowest BCUT2D eigenvalue weighted by Crippen LogP contribution is -2.38. The second-order valence-electron chi connectivity index (χ2n) is 4.99. The number of fused-ring (bicyclic) bond motifs is 1. The molecule has 0 bridgehead atoms. The molecule has 7 heteroatoms. The first-order chi connectivity index (χ1) is 9.50. The van der Waals surface area contributed by atoms with Gasteiger partial charge in [-0.3, -0.25) is 4.79 Å². The van der Waals surface area contributed by atoms with Gasteiger partial charge in [-0.05, 0) is 30.2 Å². The Morgan fingerprint density at radius 2 is 2.10 bits per heavy atom. The molecule has 3 rings (SSSR count). The van der Waals surface area contributed by atoms with Gasteiger partial charge in [0.25, 0.3) is 0 Å². The molecule has 20 heavy (non-hydrogen) atoms. The zero-order valence-electron chi connectivity index (χ0n) is 11.2. The van der Waals surface area contributed by atoms with Gasteiger partial charge >= 0.3 is 0 Å². The van der Waals surface area contributed by atoms with Crippen molar-refractivity contribution in [3.8, 4) is 0 Å². The largest absolute Gasteiger partial charge is 0.365 e. The standard InChI is InChI=1S/C13H16N2O4S/c1-14-12-4-3-11(7-10(12)8-13(14)16)20(17,18)15-5-2-6-19-9-15/h3-4,7H,2,5-6,8-9H2,1H3. The zero-order valence-corrected chi connectivity index (χ0v) is 12.0. The molecular weight excluding hydrogens is 280 g/mol. The summed E-state index contributed by atoms with van der Waals surface area (Å²) in [7, 11) is -1.84. The summed E-state index contributed by atoms with van der Waals surface area (Å²) in [4.78, 5) is 13.4. The summed E-state index contributed by atoms with van der Waals surface area (Å²) in [6.07, 6.45) is 0.955. The van der Waals surface area contributed by atoms with E-state index in [4.69, 9.17) is 4.74 Å². The van der Waals surface area contributed by atoms with Crippen molar-refractivity contribution in [2.45, 2.75) is 17.7 Å². The van der Waals surface area contributed by atoms with Crippen LogP contribution >= 0.6 is 0 Å². The van der Waals surface area contributed by atoms with Gasteiger partial charge in [0.15, 0.2) is 0 Å². The normalized spacial score (nSPS) is 20.2. The number of carbonyl (C=O) groups excluding carboxylic acids is 1. The van der Waals surface area contributed by atoms with Gasteiger partial charge in [0.05, 0.1) is 11.3 Å². The molecule has 0 aromatic heterocycles. The van der Waals surface area contributed by atoms with Crippen LogP contribution in [0.15, 0.2) is 23.1 Å². The number of hydrogen-bond donors (Lipinski definition) is 0. The van der Waals surface area contributed by atoms with Crippen molar-refractivity contribution >= 4 is 21.6 Å². The van der Waals surface area contributed by atoms with Crippen molar-refractivity contribution < 1.29 is 17.9 Å². The molecule has 1 aromatic rings. The lowest BCUT2D eigenvalue weighted by atomic mass is 10.2. The molecule has 2 aliphatic heterocycles. The van der Waals surface area contributed by atoms with E-state index in [2.05, 4.69) is 0 Å². The molecule has 1 amide bonds. The van der Waals surface area contributed by atoms with E-state index in [0.717, 1.165) is 11.3 Å². The van der Waals surface area contributed by atoms with Crippen LogP contribution < -0.4 is 4.90 Å². The summed E-state index contributed by atoms with van der Waals surface area (Å²) in [5, 5.41) is 0. The summed E-state index contributed by atoms with van der Waals surface area (Å²) in [5.74, 6) is -0.0177. The van der Waals surface area contributed by atoms with Crippen LogP contribution in [0.25, 0.3) is 0 Å². The maximum atomic E-state index is 12.5. The summed E-state index contributed by atoms with van der Waals surface area (Å²) < 4.78 is 31.5. The zero-order chi connectivity index (χ0) is 14.3. The van der Waals surface area contributed by atoms with Gasteiger partial charge in [0.1, 0.15) is 6.73 Å². The fraction of sp³-hybridized carbons (Fsp3) is 0.462. The van der Waals surface area contributed by atoms with E-state index >= 15 is 0 Å². The van der Waals surface area contributed by atoms with E-state index in [9.17, 15) is 13.2 Å². The number of carbonyl (C=O) groups is 1. The molecule has 0 aliphatic carbocycles. The lowest BCUT2D eigenvalue weighted by molar-refractivity contribution is -0.117. The van der Waals surface area contributed by atoms with Gasteiger partial charge in [-0.25, -0.2) is 8.42 Å². The quantitative estimate of drug-likeness (QED) is 0.800. The molecule has 0 N–H and O–H groups in total. The minimum absolute atomic E-state index is 0.0177. The van der Waals surface area contributed by atoms with E-state index in [1.165, 1.54) is 4.31 Å². The predicted molar refractivity (Wildman–Crippen MR) is 72.9 cm³/mol. The Labute approximate surface area is 118 Å². The Hall–Kier alpha value is -1.44. The minimum atomic E-state index is -3.54. The molecule has 0 saturated carbocycles. The summed E-state index contributed by atoms with van der Waals surface area (Å²) in [5.41, 5.74) is 1.54. The third-order valence-corrected chi connectivity index (χ3v) is 5.51. The number of amides is 1. The van der Waals surface area contributed by atoms with Gasteiger partial charge in [-0.2, -0.15) is 4.31 Å². The number of benzene rings is 1. The number of rotatable bonds is 2. The maximum absolute atomic E-state index is 12.5. The van der Waals surface area contributed by atoms with Crippen LogP contribution in [-0.2, 0) is 26.0 Å². The highest BCUT2D eigenvalue weighted by atomic mass is 32.2. The third kappa shape index (κ3) is 2.11. The molecule has 1 fully saturated rings. The first kappa shape index (κ1) is 13.5. The first-order valence-electron chi connectivity index (χ1n) is 6.47. The van der Waals surface area contributed by atoms with Crippen LogP contribution in [0.2, 0.25) is 0 Å². The molecule has 0 radical (unpaired) electrons. The molecule has 1 saturated heterocycles. The lowest BCUT2D eigenvalue weighted by Gasteiger charge is -2.26. The first-order valence-corrected chi connectivity index (χ1v) is 7.91. The third-order valence-electron chi connectivity index (χ3n) is 3.70. The monoisotopic (exact) mass is 296 g/mol. The van der Waals surface area contributed by atoms with E-state index in [1.807, 2.05) is 0 Å². The molecule has 0 atom stereocenters. The summed E-state index contributed by atoms with van der Waals surface area (Å²) in [6, 6.07) is 4.84. The van der Waals surface area contributed by atoms with Crippen molar-refractivity contribution in [3.63, 3.8) is 0 Å². The van der Waals surface area contributed by atoms with Crippen molar-refractivity contribution in [3.05, 3.63) is 23.8 Å². The van der Waals surface area contributed by atoms with Crippen LogP contribution in [0.5, 0.6) is 0 Å². The number of sulfonamides is 1. The smallest absolute Gasteiger partial charge is 0.245 e. The number of ether oxygens (including phenoxy) is 1. The van der Waals surface area contributed by atoms with E-state index < -0.39 is 10.0 Å². The molecule has 2 heterocycles. The van der Waals surface area contributed by atoms with Gasteiger partial charge in [-0.15, -0.1) is 0 Å². The molecule has 1 aromatic carbocycles. The van der Waals surface area contributed by atoms with Crippen LogP contribution in [0.4, 0.5) is 5.69 Å². The topological polar surface area (TPSA) is 66.9 Å². The average molecular weight is 296 g/mol. The summed E-state index contributed by atoms with van der Waals surface area (Å²) in [6.45, 7) is 1.16. The number of likely N-dealkylation sites (N-methyl/N-ethyl adjacent to an activating group) is 1. The molecule has 0 unspecified atom stereocenters. The molecule has 6 nitrogen and oxygen atoms in total. The highest BCUT2D eigenvalue weighted by Gasteiger charge is 2.30. The minimum Gasteiger partial charge on any atom is -0.365 e. The molecule has 2 aliphatic rings. The van der Waals surface area contributed by atoms with Crippen molar-refractivity contribution in [1.29, 1.82) is 0 Å². The highest BCUT2D eigenvalue weighted by Crippen LogP contribution is 2.30. The number of hydrogen-bond acceptors (Lipinski definition) is 4. The average Bonchev–Trinajstić information content (AvgIpc) is 2.74. The SMILES string of the molecule is CN1C(=O)Cc2cc(S(=O)(=O)N3CCCOC3)ccc21. The Balaban J connectivity index is 1.95. The fourth-order valence-corrected chi connectivity index (χ4v) is 3.93.